The maximum absolute atomic E-state index is 6.24. The lowest BCUT2D eigenvalue weighted by molar-refractivity contribution is 0.414. The first-order chi connectivity index (χ1) is 10.1. The fourth-order valence-corrected chi connectivity index (χ4v) is 3.53. The van der Waals surface area contributed by atoms with E-state index in [0.29, 0.717) is 0 Å². The average Bonchev–Trinajstić information content (AvgIpc) is 2.48. The maximum Gasteiger partial charge on any atom is 0.119 e. The second-order valence-electron chi connectivity index (χ2n) is 4.66. The molecule has 0 amide bonds. The Bertz CT molecular complexity index is 609. The highest BCUT2D eigenvalue weighted by molar-refractivity contribution is 9.10. The zero-order valence-corrected chi connectivity index (χ0v) is 14.8. The fourth-order valence-electron chi connectivity index (χ4n) is 1.93. The van der Waals surface area contributed by atoms with Gasteiger partial charge in [-0.3, -0.25) is 0 Å². The van der Waals surface area contributed by atoms with Crippen molar-refractivity contribution in [2.45, 2.75) is 17.4 Å². The summed E-state index contributed by atoms with van der Waals surface area (Å²) >= 11 is 11.4. The van der Waals surface area contributed by atoms with Crippen molar-refractivity contribution in [1.82, 2.24) is 0 Å². The first-order valence-corrected chi connectivity index (χ1v) is 8.71. The van der Waals surface area contributed by atoms with Crippen LogP contribution in [0.5, 0.6) is 5.75 Å². The summed E-state index contributed by atoms with van der Waals surface area (Å²) < 4.78 is 6.31. The summed E-state index contributed by atoms with van der Waals surface area (Å²) in [6, 6.07) is 13.8. The highest BCUT2D eigenvalue weighted by Gasteiger charge is 2.10. The Morgan fingerprint density at radius 1 is 1.29 bits per heavy atom. The van der Waals surface area contributed by atoms with Gasteiger partial charge in [0.1, 0.15) is 5.75 Å². The molecular weight excluding hydrogens is 370 g/mol. The van der Waals surface area contributed by atoms with Gasteiger partial charge >= 0.3 is 0 Å². The minimum atomic E-state index is 0.0506. The van der Waals surface area contributed by atoms with Crippen LogP contribution in [0, 0.1) is 0 Å². The molecule has 0 aliphatic rings. The van der Waals surface area contributed by atoms with E-state index >= 15 is 0 Å². The normalized spacial score (nSPS) is 12.2. The lowest BCUT2D eigenvalue weighted by atomic mass is 10.1. The Hall–Kier alpha value is -0.680. The van der Waals surface area contributed by atoms with Crippen LogP contribution in [0.3, 0.4) is 0 Å². The van der Waals surface area contributed by atoms with E-state index in [2.05, 4.69) is 15.9 Å². The summed E-state index contributed by atoms with van der Waals surface area (Å²) in [7, 11) is 1.67. The molecule has 0 aromatic heterocycles. The van der Waals surface area contributed by atoms with Crippen molar-refractivity contribution in [3.05, 3.63) is 57.5 Å². The molecular formula is C16H17BrClNOS. The van der Waals surface area contributed by atoms with Gasteiger partial charge in [-0.05, 0) is 42.3 Å². The van der Waals surface area contributed by atoms with Crippen LogP contribution in [0.15, 0.2) is 51.8 Å². The quantitative estimate of drug-likeness (QED) is 0.726. The molecule has 21 heavy (non-hydrogen) atoms. The number of thioether (sulfide) groups is 1. The van der Waals surface area contributed by atoms with Gasteiger partial charge in [0.05, 0.1) is 12.1 Å². The minimum Gasteiger partial charge on any atom is -0.497 e. The highest BCUT2D eigenvalue weighted by Crippen LogP contribution is 2.28. The van der Waals surface area contributed by atoms with Gasteiger partial charge in [-0.25, -0.2) is 0 Å². The number of halogens is 2. The van der Waals surface area contributed by atoms with E-state index in [1.807, 2.05) is 42.5 Å². The smallest absolute Gasteiger partial charge is 0.119 e. The van der Waals surface area contributed by atoms with Gasteiger partial charge in [-0.15, -0.1) is 11.8 Å². The van der Waals surface area contributed by atoms with Gasteiger partial charge in [-0.2, -0.15) is 0 Å². The van der Waals surface area contributed by atoms with Crippen LogP contribution in [-0.4, -0.2) is 18.9 Å². The molecule has 1 unspecified atom stereocenters. The minimum absolute atomic E-state index is 0.0506. The summed E-state index contributed by atoms with van der Waals surface area (Å²) in [5, 5.41) is 0.775. The van der Waals surface area contributed by atoms with E-state index in [0.717, 1.165) is 37.9 Å². The Morgan fingerprint density at radius 3 is 2.76 bits per heavy atom. The van der Waals surface area contributed by atoms with E-state index in [-0.39, 0.29) is 6.04 Å². The molecule has 0 aliphatic heterocycles. The molecule has 5 heteroatoms. The van der Waals surface area contributed by atoms with Crippen LogP contribution in [0.2, 0.25) is 5.02 Å². The summed E-state index contributed by atoms with van der Waals surface area (Å²) in [5.41, 5.74) is 7.39. The van der Waals surface area contributed by atoms with Gasteiger partial charge in [0.15, 0.2) is 0 Å². The Morgan fingerprint density at radius 2 is 2.05 bits per heavy atom. The first-order valence-electron chi connectivity index (χ1n) is 6.55. The van der Waals surface area contributed by atoms with Crippen molar-refractivity contribution < 1.29 is 4.74 Å². The molecule has 112 valence electrons. The number of hydrogen-bond donors (Lipinski definition) is 1. The van der Waals surface area contributed by atoms with E-state index in [1.165, 1.54) is 0 Å². The fraction of sp³-hybridized carbons (Fsp3) is 0.250. The van der Waals surface area contributed by atoms with Crippen molar-refractivity contribution in [2.75, 3.05) is 12.9 Å². The zero-order valence-electron chi connectivity index (χ0n) is 11.7. The summed E-state index contributed by atoms with van der Waals surface area (Å²) in [4.78, 5) is 1.07. The van der Waals surface area contributed by atoms with Crippen LogP contribution < -0.4 is 10.5 Å². The third-order valence-corrected chi connectivity index (χ3v) is 5.50. The molecule has 0 heterocycles. The second-order valence-corrected chi connectivity index (χ2v) is 6.99. The largest absolute Gasteiger partial charge is 0.497 e. The molecule has 2 nitrogen and oxygen atoms in total. The second kappa shape index (κ2) is 8.08. The van der Waals surface area contributed by atoms with Gasteiger partial charge in [0, 0.05) is 21.2 Å². The molecule has 0 fully saturated rings. The molecule has 0 spiro atoms. The van der Waals surface area contributed by atoms with Crippen molar-refractivity contribution in [1.29, 1.82) is 0 Å². The lowest BCUT2D eigenvalue weighted by Gasteiger charge is -2.14. The van der Waals surface area contributed by atoms with Crippen molar-refractivity contribution in [2.24, 2.45) is 5.73 Å². The molecule has 2 aromatic carbocycles. The van der Waals surface area contributed by atoms with Crippen molar-refractivity contribution in [3.63, 3.8) is 0 Å². The molecule has 2 N–H and O–H groups in total. The van der Waals surface area contributed by atoms with Crippen LogP contribution in [0.1, 0.15) is 5.56 Å². The first kappa shape index (κ1) is 16.7. The molecule has 0 saturated carbocycles. The van der Waals surface area contributed by atoms with Crippen LogP contribution in [0.4, 0.5) is 0 Å². The lowest BCUT2D eigenvalue weighted by Crippen LogP contribution is -2.25. The Kier molecular flexibility index (Phi) is 6.42. The van der Waals surface area contributed by atoms with Crippen molar-refractivity contribution >= 4 is 39.3 Å². The molecule has 2 aromatic rings. The number of methoxy groups -OCH3 is 1. The van der Waals surface area contributed by atoms with Gasteiger partial charge in [0.25, 0.3) is 0 Å². The monoisotopic (exact) mass is 385 g/mol. The topological polar surface area (TPSA) is 35.2 Å². The molecule has 0 aliphatic carbocycles. The summed E-state index contributed by atoms with van der Waals surface area (Å²) in [6.07, 6.45) is 0.787. The van der Waals surface area contributed by atoms with E-state index in [9.17, 15) is 0 Å². The highest BCUT2D eigenvalue weighted by atomic mass is 79.9. The SMILES string of the molecule is COc1ccc(Br)c(CC(N)CSc2ccccc2Cl)c1. The summed E-state index contributed by atoms with van der Waals surface area (Å²) in [6.45, 7) is 0. The zero-order chi connectivity index (χ0) is 15.2. The number of ether oxygens (including phenoxy) is 1. The summed E-state index contributed by atoms with van der Waals surface area (Å²) in [5.74, 6) is 1.66. The van der Waals surface area contributed by atoms with Gasteiger partial charge < -0.3 is 10.5 Å². The van der Waals surface area contributed by atoms with Gasteiger partial charge in [0.2, 0.25) is 0 Å². The molecule has 1 atom stereocenters. The number of benzene rings is 2. The average molecular weight is 387 g/mol. The van der Waals surface area contributed by atoms with Crippen molar-refractivity contribution in [3.8, 4) is 5.75 Å². The van der Waals surface area contributed by atoms with E-state index in [1.54, 1.807) is 18.9 Å². The standard InChI is InChI=1S/C16H17BrClNOS/c1-20-13-6-7-14(17)11(9-13)8-12(19)10-21-16-5-3-2-4-15(16)18/h2-7,9,12H,8,10,19H2,1H3. The van der Waals surface area contributed by atoms with Crippen LogP contribution in [0.25, 0.3) is 0 Å². The third kappa shape index (κ3) is 4.92. The predicted molar refractivity (Wildman–Crippen MR) is 94.5 cm³/mol. The maximum atomic E-state index is 6.24. The molecule has 2 rings (SSSR count). The Labute approximate surface area is 143 Å². The number of nitrogens with two attached hydrogens (primary N) is 1. The van der Waals surface area contributed by atoms with Gasteiger partial charge in [-0.1, -0.05) is 39.7 Å². The predicted octanol–water partition coefficient (Wildman–Crippen LogP) is 4.77. The van der Waals surface area contributed by atoms with E-state index in [4.69, 9.17) is 22.1 Å². The number of rotatable bonds is 6. The van der Waals surface area contributed by atoms with E-state index < -0.39 is 0 Å². The number of hydrogen-bond acceptors (Lipinski definition) is 3. The molecule has 0 radical (unpaired) electrons. The third-order valence-electron chi connectivity index (χ3n) is 3.02. The Balaban J connectivity index is 1.96. The molecule has 0 saturated heterocycles. The van der Waals surface area contributed by atoms with Crippen LogP contribution >= 0.6 is 39.3 Å². The molecule has 0 bridgehead atoms. The van der Waals surface area contributed by atoms with Crippen LogP contribution in [-0.2, 0) is 6.42 Å².